The van der Waals surface area contributed by atoms with E-state index in [4.69, 9.17) is 0 Å². The number of hydrogen-bond acceptors (Lipinski definition) is 1. The third-order valence-electron chi connectivity index (χ3n) is 3.73. The zero-order chi connectivity index (χ0) is 12.3. The fourth-order valence-corrected chi connectivity index (χ4v) is 2.69. The third-order valence-corrected chi connectivity index (χ3v) is 3.73. The molecule has 0 heterocycles. The van der Waals surface area contributed by atoms with Crippen molar-refractivity contribution in [3.05, 3.63) is 35.4 Å². The molecule has 1 aromatic carbocycles. The van der Waals surface area contributed by atoms with Gasteiger partial charge in [0.1, 0.15) is 5.78 Å². The molecule has 0 bridgehead atoms. The van der Waals surface area contributed by atoms with Gasteiger partial charge < -0.3 is 0 Å². The van der Waals surface area contributed by atoms with Gasteiger partial charge in [-0.3, -0.25) is 4.79 Å². The van der Waals surface area contributed by atoms with Crippen molar-refractivity contribution in [2.75, 3.05) is 0 Å². The predicted octanol–water partition coefficient (Wildman–Crippen LogP) is 4.11. The van der Waals surface area contributed by atoms with Crippen molar-refractivity contribution >= 4 is 5.78 Å². The van der Waals surface area contributed by atoms with Gasteiger partial charge in [-0.1, -0.05) is 38.1 Å². The molecule has 1 atom stereocenters. The van der Waals surface area contributed by atoms with E-state index in [0.29, 0.717) is 11.7 Å². The summed E-state index contributed by atoms with van der Waals surface area (Å²) in [5.74, 6) is 1.25. The van der Waals surface area contributed by atoms with Crippen LogP contribution in [0.3, 0.4) is 0 Å². The maximum absolute atomic E-state index is 12.3. The lowest BCUT2D eigenvalue weighted by Gasteiger charge is -2.24. The summed E-state index contributed by atoms with van der Waals surface area (Å²) in [6.07, 6.45) is 5.13. The molecule has 0 aliphatic heterocycles. The molecule has 92 valence electrons. The molecule has 1 aromatic rings. The van der Waals surface area contributed by atoms with Crippen LogP contribution < -0.4 is 0 Å². The number of rotatable bonds is 4. The standard InChI is InChI=1S/C16H22O/c1-12(2)10-11-16(17)15-9-5-7-13-6-3-4-8-14(13)15/h3-4,6,8,12,15H,5,7,9-11H2,1-2H3. The van der Waals surface area contributed by atoms with E-state index in [1.54, 1.807) is 0 Å². The first-order valence-corrected chi connectivity index (χ1v) is 6.79. The number of carbonyl (C=O) groups excluding carboxylic acids is 1. The Balaban J connectivity index is 2.10. The maximum Gasteiger partial charge on any atom is 0.140 e. The number of ketones is 1. The number of benzene rings is 1. The molecule has 1 nitrogen and oxygen atoms in total. The van der Waals surface area contributed by atoms with Gasteiger partial charge in [-0.2, -0.15) is 0 Å². The molecule has 17 heavy (non-hydrogen) atoms. The van der Waals surface area contributed by atoms with E-state index in [1.165, 1.54) is 11.1 Å². The summed E-state index contributed by atoms with van der Waals surface area (Å²) in [5, 5.41) is 0. The Morgan fingerprint density at radius 1 is 1.35 bits per heavy atom. The van der Waals surface area contributed by atoms with Crippen LogP contribution in [0.25, 0.3) is 0 Å². The van der Waals surface area contributed by atoms with Gasteiger partial charge in [0.05, 0.1) is 0 Å². The second kappa shape index (κ2) is 5.48. The van der Waals surface area contributed by atoms with Crippen LogP contribution in [-0.2, 0) is 11.2 Å². The summed E-state index contributed by atoms with van der Waals surface area (Å²) in [5.41, 5.74) is 2.69. The lowest BCUT2D eigenvalue weighted by atomic mass is 9.79. The second-order valence-corrected chi connectivity index (χ2v) is 5.54. The SMILES string of the molecule is CC(C)CCC(=O)C1CCCc2ccccc21. The third kappa shape index (κ3) is 2.96. The zero-order valence-corrected chi connectivity index (χ0v) is 10.9. The summed E-state index contributed by atoms with van der Waals surface area (Å²) in [4.78, 5) is 12.3. The average molecular weight is 230 g/mol. The zero-order valence-electron chi connectivity index (χ0n) is 10.9. The lowest BCUT2D eigenvalue weighted by molar-refractivity contribution is -0.121. The van der Waals surface area contributed by atoms with Gasteiger partial charge in [0, 0.05) is 12.3 Å². The Labute approximate surface area is 104 Å². The molecule has 0 aromatic heterocycles. The topological polar surface area (TPSA) is 17.1 Å². The lowest BCUT2D eigenvalue weighted by Crippen LogP contribution is -2.18. The van der Waals surface area contributed by atoms with Gasteiger partial charge in [0.15, 0.2) is 0 Å². The van der Waals surface area contributed by atoms with Crippen LogP contribution in [0.15, 0.2) is 24.3 Å². The summed E-state index contributed by atoms with van der Waals surface area (Å²) < 4.78 is 0. The predicted molar refractivity (Wildman–Crippen MR) is 71.2 cm³/mol. The highest BCUT2D eigenvalue weighted by molar-refractivity contribution is 5.86. The van der Waals surface area contributed by atoms with Gasteiger partial charge in [0.25, 0.3) is 0 Å². The summed E-state index contributed by atoms with van der Waals surface area (Å²) in [7, 11) is 0. The van der Waals surface area contributed by atoms with Crippen LogP contribution >= 0.6 is 0 Å². The second-order valence-electron chi connectivity index (χ2n) is 5.54. The van der Waals surface area contributed by atoms with E-state index in [0.717, 1.165) is 32.1 Å². The van der Waals surface area contributed by atoms with E-state index in [-0.39, 0.29) is 5.92 Å². The quantitative estimate of drug-likeness (QED) is 0.760. The average Bonchev–Trinajstić information content (AvgIpc) is 2.35. The minimum absolute atomic E-state index is 0.179. The minimum Gasteiger partial charge on any atom is -0.299 e. The van der Waals surface area contributed by atoms with E-state index in [2.05, 4.69) is 38.1 Å². The van der Waals surface area contributed by atoms with Gasteiger partial charge in [-0.25, -0.2) is 0 Å². The fourth-order valence-electron chi connectivity index (χ4n) is 2.69. The monoisotopic (exact) mass is 230 g/mol. The van der Waals surface area contributed by atoms with Crippen LogP contribution in [0.4, 0.5) is 0 Å². The van der Waals surface area contributed by atoms with Crippen molar-refractivity contribution in [1.82, 2.24) is 0 Å². The molecule has 1 heteroatoms. The van der Waals surface area contributed by atoms with Gasteiger partial charge in [-0.05, 0) is 42.7 Å². The van der Waals surface area contributed by atoms with Crippen LogP contribution in [0, 0.1) is 5.92 Å². The molecule has 1 aliphatic rings. The molecule has 2 rings (SSSR count). The molecule has 0 N–H and O–H groups in total. The number of aryl methyl sites for hydroxylation is 1. The van der Waals surface area contributed by atoms with Gasteiger partial charge in [-0.15, -0.1) is 0 Å². The molecule has 0 radical (unpaired) electrons. The van der Waals surface area contributed by atoms with Crippen LogP contribution in [0.1, 0.15) is 56.6 Å². The first-order chi connectivity index (χ1) is 8.18. The maximum atomic E-state index is 12.3. The largest absolute Gasteiger partial charge is 0.299 e. The van der Waals surface area contributed by atoms with Gasteiger partial charge >= 0.3 is 0 Å². The Kier molecular flexibility index (Phi) is 3.98. The number of carbonyl (C=O) groups is 1. The van der Waals surface area contributed by atoms with Crippen LogP contribution in [-0.4, -0.2) is 5.78 Å². The molecule has 0 saturated heterocycles. The molecule has 0 saturated carbocycles. The Morgan fingerprint density at radius 2 is 2.12 bits per heavy atom. The van der Waals surface area contributed by atoms with Crippen molar-refractivity contribution in [3.8, 4) is 0 Å². The molecule has 0 spiro atoms. The molecular weight excluding hydrogens is 208 g/mol. The Bertz CT molecular complexity index is 392. The molecule has 0 fully saturated rings. The summed E-state index contributed by atoms with van der Waals surface area (Å²) in [6, 6.07) is 8.47. The Morgan fingerprint density at radius 3 is 2.88 bits per heavy atom. The Hall–Kier alpha value is -1.11. The first kappa shape index (κ1) is 12.3. The van der Waals surface area contributed by atoms with E-state index >= 15 is 0 Å². The van der Waals surface area contributed by atoms with Gasteiger partial charge in [0.2, 0.25) is 0 Å². The van der Waals surface area contributed by atoms with E-state index in [1.807, 2.05) is 0 Å². The molecule has 1 aliphatic carbocycles. The van der Waals surface area contributed by atoms with Crippen molar-refractivity contribution in [2.45, 2.75) is 51.9 Å². The number of hydrogen-bond donors (Lipinski definition) is 0. The highest BCUT2D eigenvalue weighted by atomic mass is 16.1. The number of Topliss-reactive ketones (excluding diaryl/α,β-unsaturated/α-hetero) is 1. The van der Waals surface area contributed by atoms with Crippen LogP contribution in [0.2, 0.25) is 0 Å². The van der Waals surface area contributed by atoms with Crippen molar-refractivity contribution < 1.29 is 4.79 Å². The summed E-state index contributed by atoms with van der Waals surface area (Å²) in [6.45, 7) is 4.37. The molecule has 0 amide bonds. The highest BCUT2D eigenvalue weighted by Crippen LogP contribution is 2.33. The normalized spacial score (nSPS) is 19.1. The first-order valence-electron chi connectivity index (χ1n) is 6.79. The summed E-state index contributed by atoms with van der Waals surface area (Å²) >= 11 is 0. The van der Waals surface area contributed by atoms with E-state index in [9.17, 15) is 4.79 Å². The highest BCUT2D eigenvalue weighted by Gasteiger charge is 2.25. The van der Waals surface area contributed by atoms with Crippen molar-refractivity contribution in [1.29, 1.82) is 0 Å². The minimum atomic E-state index is 0.179. The fraction of sp³-hybridized carbons (Fsp3) is 0.562. The van der Waals surface area contributed by atoms with Crippen LogP contribution in [0.5, 0.6) is 0 Å². The number of fused-ring (bicyclic) bond motifs is 1. The molecular formula is C16H22O. The van der Waals surface area contributed by atoms with Crippen molar-refractivity contribution in [2.24, 2.45) is 5.92 Å². The smallest absolute Gasteiger partial charge is 0.140 e. The molecule has 1 unspecified atom stereocenters. The van der Waals surface area contributed by atoms with Crippen molar-refractivity contribution in [3.63, 3.8) is 0 Å². The van der Waals surface area contributed by atoms with E-state index < -0.39 is 0 Å².